The molecule has 5 heteroatoms. The summed E-state index contributed by atoms with van der Waals surface area (Å²) in [5, 5.41) is 19.2. The number of rotatable bonds is 3. The van der Waals surface area contributed by atoms with Crippen LogP contribution < -0.4 is 0 Å². The third-order valence-corrected chi connectivity index (χ3v) is 2.37. The molecule has 2 rings (SSSR count). The van der Waals surface area contributed by atoms with Gasteiger partial charge >= 0.3 is 0 Å². The van der Waals surface area contributed by atoms with Crippen molar-refractivity contribution in [2.24, 2.45) is 5.16 Å². The highest BCUT2D eigenvalue weighted by atomic mass is 19.1. The van der Waals surface area contributed by atoms with Crippen molar-refractivity contribution in [3.63, 3.8) is 0 Å². The van der Waals surface area contributed by atoms with Crippen molar-refractivity contribution in [1.29, 1.82) is 0 Å². The first-order valence-corrected chi connectivity index (χ1v) is 5.02. The molecule has 0 aliphatic rings. The average molecular weight is 231 g/mol. The Balaban J connectivity index is 2.47. The molecule has 0 fully saturated rings. The van der Waals surface area contributed by atoms with Crippen molar-refractivity contribution >= 4 is 6.21 Å². The van der Waals surface area contributed by atoms with Gasteiger partial charge < -0.3 is 5.21 Å². The molecule has 1 N–H and O–H groups in total. The van der Waals surface area contributed by atoms with Crippen molar-refractivity contribution in [2.75, 3.05) is 0 Å². The highest BCUT2D eigenvalue weighted by molar-refractivity contribution is 5.71. The van der Waals surface area contributed by atoms with E-state index in [1.165, 1.54) is 18.5 Å². The molecule has 1 aromatic heterocycles. The van der Waals surface area contributed by atoms with Gasteiger partial charge in [-0.25, -0.2) is 4.39 Å². The number of oxime groups is 1. The van der Waals surface area contributed by atoms with Gasteiger partial charge in [-0.3, -0.25) is 0 Å². The van der Waals surface area contributed by atoms with E-state index in [0.29, 0.717) is 11.3 Å². The molecule has 2 aromatic rings. The first-order valence-electron chi connectivity index (χ1n) is 5.02. The fourth-order valence-corrected chi connectivity index (χ4v) is 1.59. The predicted octanol–water partition coefficient (Wildman–Crippen LogP) is 2.21. The van der Waals surface area contributed by atoms with E-state index in [1.807, 2.05) is 0 Å². The Bertz CT molecular complexity index is 516. The molecule has 0 aliphatic heterocycles. The van der Waals surface area contributed by atoms with Crippen molar-refractivity contribution in [3.05, 3.63) is 59.7 Å². The molecule has 0 radical (unpaired) electrons. The lowest BCUT2D eigenvalue weighted by Gasteiger charge is -2.11. The fourth-order valence-electron chi connectivity index (χ4n) is 1.59. The summed E-state index contributed by atoms with van der Waals surface area (Å²) in [6.45, 7) is 0. The molecule has 0 aliphatic carbocycles. The van der Waals surface area contributed by atoms with E-state index in [9.17, 15) is 4.39 Å². The lowest BCUT2D eigenvalue weighted by Crippen LogP contribution is -2.07. The van der Waals surface area contributed by atoms with Gasteiger partial charge in [0, 0.05) is 11.8 Å². The number of benzene rings is 1. The molecule has 1 atom stereocenters. The SMILES string of the molecule is ON=C[C@H](c1cccnn1)c1ccccc1F. The highest BCUT2D eigenvalue weighted by Crippen LogP contribution is 2.23. The Morgan fingerprint density at radius 2 is 2.06 bits per heavy atom. The van der Waals surface area contributed by atoms with E-state index in [1.54, 1.807) is 30.3 Å². The first-order chi connectivity index (χ1) is 8.33. The van der Waals surface area contributed by atoms with Crippen LogP contribution in [0.1, 0.15) is 17.2 Å². The van der Waals surface area contributed by atoms with Gasteiger partial charge in [0.1, 0.15) is 5.82 Å². The fraction of sp³-hybridized carbons (Fsp3) is 0.0833. The average Bonchev–Trinajstić information content (AvgIpc) is 2.38. The van der Waals surface area contributed by atoms with Gasteiger partial charge in [0.15, 0.2) is 0 Å². The Kier molecular flexibility index (Phi) is 3.40. The van der Waals surface area contributed by atoms with Crippen molar-refractivity contribution in [1.82, 2.24) is 10.2 Å². The van der Waals surface area contributed by atoms with Crippen LogP contribution in [0.3, 0.4) is 0 Å². The summed E-state index contributed by atoms with van der Waals surface area (Å²) in [6, 6.07) is 9.68. The molecule has 0 amide bonds. The largest absolute Gasteiger partial charge is 0.411 e. The normalized spacial score (nSPS) is 12.8. The van der Waals surface area contributed by atoms with Crippen molar-refractivity contribution in [3.8, 4) is 0 Å². The van der Waals surface area contributed by atoms with Crippen LogP contribution in [0.25, 0.3) is 0 Å². The summed E-state index contributed by atoms with van der Waals surface area (Å²) in [6.07, 6.45) is 2.75. The molecular formula is C12H10FN3O. The molecule has 0 bridgehead atoms. The zero-order chi connectivity index (χ0) is 12.1. The quantitative estimate of drug-likeness (QED) is 0.500. The smallest absolute Gasteiger partial charge is 0.127 e. The second-order valence-electron chi connectivity index (χ2n) is 3.41. The minimum atomic E-state index is -0.546. The summed E-state index contributed by atoms with van der Waals surface area (Å²) < 4.78 is 13.7. The van der Waals surface area contributed by atoms with Crippen LogP contribution in [0.4, 0.5) is 4.39 Å². The molecule has 0 saturated carbocycles. The molecular weight excluding hydrogens is 221 g/mol. The Morgan fingerprint density at radius 3 is 2.71 bits per heavy atom. The lowest BCUT2D eigenvalue weighted by atomic mass is 9.96. The van der Waals surface area contributed by atoms with Gasteiger partial charge in [-0.1, -0.05) is 18.2 Å². The van der Waals surface area contributed by atoms with Gasteiger partial charge in [0.05, 0.1) is 17.8 Å². The van der Waals surface area contributed by atoms with E-state index >= 15 is 0 Å². The molecule has 86 valence electrons. The van der Waals surface area contributed by atoms with Gasteiger partial charge in [-0.15, -0.1) is 5.16 Å². The minimum absolute atomic E-state index is 0.372. The monoisotopic (exact) mass is 231 g/mol. The zero-order valence-electron chi connectivity index (χ0n) is 8.86. The highest BCUT2D eigenvalue weighted by Gasteiger charge is 2.17. The lowest BCUT2D eigenvalue weighted by molar-refractivity contribution is 0.320. The molecule has 1 aromatic carbocycles. The number of hydrogen-bond acceptors (Lipinski definition) is 4. The van der Waals surface area contributed by atoms with E-state index in [4.69, 9.17) is 5.21 Å². The van der Waals surface area contributed by atoms with E-state index < -0.39 is 5.92 Å². The van der Waals surface area contributed by atoms with Crippen LogP contribution >= 0.6 is 0 Å². The van der Waals surface area contributed by atoms with Crippen LogP contribution in [0, 0.1) is 5.82 Å². The molecule has 0 spiro atoms. The summed E-state index contributed by atoms with van der Waals surface area (Å²) in [5.74, 6) is -0.919. The summed E-state index contributed by atoms with van der Waals surface area (Å²) in [5.41, 5.74) is 0.918. The number of aromatic nitrogens is 2. The van der Waals surface area contributed by atoms with Gasteiger partial charge in [0.25, 0.3) is 0 Å². The van der Waals surface area contributed by atoms with Crippen LogP contribution in [-0.4, -0.2) is 21.6 Å². The molecule has 0 saturated heterocycles. The molecule has 4 nitrogen and oxygen atoms in total. The number of halogens is 1. The van der Waals surface area contributed by atoms with Crippen LogP contribution in [0.5, 0.6) is 0 Å². The van der Waals surface area contributed by atoms with Gasteiger partial charge in [-0.05, 0) is 18.2 Å². The third kappa shape index (κ3) is 2.44. The van der Waals surface area contributed by atoms with Gasteiger partial charge in [-0.2, -0.15) is 10.2 Å². The number of nitrogens with zero attached hydrogens (tertiary/aromatic N) is 3. The Hall–Kier alpha value is -2.30. The van der Waals surface area contributed by atoms with Crippen LogP contribution in [0.15, 0.2) is 47.8 Å². The summed E-state index contributed by atoms with van der Waals surface area (Å²) >= 11 is 0. The minimum Gasteiger partial charge on any atom is -0.411 e. The van der Waals surface area contributed by atoms with Gasteiger partial charge in [0.2, 0.25) is 0 Å². The van der Waals surface area contributed by atoms with E-state index in [2.05, 4.69) is 15.4 Å². The first kappa shape index (κ1) is 11.2. The van der Waals surface area contributed by atoms with Crippen LogP contribution in [0.2, 0.25) is 0 Å². The van der Waals surface area contributed by atoms with E-state index in [-0.39, 0.29) is 5.82 Å². The molecule has 0 unspecified atom stereocenters. The van der Waals surface area contributed by atoms with E-state index in [0.717, 1.165) is 0 Å². The zero-order valence-corrected chi connectivity index (χ0v) is 8.86. The predicted molar refractivity (Wildman–Crippen MR) is 60.6 cm³/mol. The van der Waals surface area contributed by atoms with Crippen molar-refractivity contribution in [2.45, 2.75) is 5.92 Å². The maximum atomic E-state index is 13.7. The second-order valence-corrected chi connectivity index (χ2v) is 3.41. The molecule has 17 heavy (non-hydrogen) atoms. The summed E-state index contributed by atoms with van der Waals surface area (Å²) in [7, 11) is 0. The Morgan fingerprint density at radius 1 is 1.24 bits per heavy atom. The maximum absolute atomic E-state index is 13.7. The topological polar surface area (TPSA) is 58.4 Å². The summed E-state index contributed by atoms with van der Waals surface area (Å²) in [4.78, 5) is 0. The van der Waals surface area contributed by atoms with Crippen molar-refractivity contribution < 1.29 is 9.60 Å². The second kappa shape index (κ2) is 5.16. The standard InChI is InChI=1S/C12H10FN3O/c13-11-5-2-1-4-9(11)10(8-15-17)12-6-3-7-14-16-12/h1-8,10,17H/t10-/m0/s1. The molecule has 1 heterocycles. The number of hydrogen-bond donors (Lipinski definition) is 1. The Labute approximate surface area is 97.4 Å². The maximum Gasteiger partial charge on any atom is 0.127 e. The third-order valence-electron chi connectivity index (χ3n) is 2.37. The van der Waals surface area contributed by atoms with Crippen LogP contribution in [-0.2, 0) is 0 Å².